The van der Waals surface area contributed by atoms with Gasteiger partial charge in [0.15, 0.2) is 0 Å². The van der Waals surface area contributed by atoms with Gasteiger partial charge in [-0.3, -0.25) is 4.79 Å². The normalized spacial score (nSPS) is 21.5. The van der Waals surface area contributed by atoms with Gasteiger partial charge in [-0.1, -0.05) is 12.1 Å². The van der Waals surface area contributed by atoms with Crippen LogP contribution in [-0.2, 0) is 0 Å². The summed E-state index contributed by atoms with van der Waals surface area (Å²) in [6.45, 7) is 3.28. The Morgan fingerprint density at radius 2 is 1.79 bits per heavy atom. The number of hydrogen-bond donors (Lipinski definition) is 1. The van der Waals surface area contributed by atoms with E-state index in [9.17, 15) is 9.59 Å². The van der Waals surface area contributed by atoms with Gasteiger partial charge >= 0.3 is 6.03 Å². The number of piperidine rings is 2. The highest BCUT2D eigenvalue weighted by atomic mass is 16.2. The summed E-state index contributed by atoms with van der Waals surface area (Å²) in [5.74, 6) is 0.459. The average molecular weight is 329 g/mol. The number of benzene rings is 1. The van der Waals surface area contributed by atoms with Crippen LogP contribution in [0.25, 0.3) is 0 Å². The minimum atomic E-state index is -0.0137. The number of carbonyl (C=O) groups is 2. The maximum atomic E-state index is 12.7. The number of likely N-dealkylation sites (tertiary alicyclic amines) is 2. The minimum absolute atomic E-state index is 0.0137. The van der Waals surface area contributed by atoms with Crippen LogP contribution in [0.4, 0.5) is 4.79 Å². The Hall–Kier alpha value is -2.04. The van der Waals surface area contributed by atoms with E-state index in [2.05, 4.69) is 11.4 Å². The molecule has 2 heterocycles. The molecule has 5 heteroatoms. The molecule has 0 unspecified atom stereocenters. The maximum absolute atomic E-state index is 12.7. The number of amides is 3. The molecule has 0 aliphatic carbocycles. The van der Waals surface area contributed by atoms with Gasteiger partial charge in [-0.25, -0.2) is 4.79 Å². The molecule has 5 nitrogen and oxygen atoms in total. The van der Waals surface area contributed by atoms with Crippen LogP contribution in [0.1, 0.15) is 53.9 Å². The van der Waals surface area contributed by atoms with E-state index >= 15 is 0 Å². The molecule has 2 aliphatic heterocycles. The molecule has 1 N–H and O–H groups in total. The van der Waals surface area contributed by atoms with Gasteiger partial charge in [0.1, 0.15) is 0 Å². The summed E-state index contributed by atoms with van der Waals surface area (Å²) < 4.78 is 0. The number of rotatable bonds is 2. The fraction of sp³-hybridized carbons (Fsp3) is 0.579. The summed E-state index contributed by atoms with van der Waals surface area (Å²) in [6.07, 6.45) is 5.50. The molecule has 3 amide bonds. The van der Waals surface area contributed by atoms with E-state index in [0.717, 1.165) is 57.4 Å². The van der Waals surface area contributed by atoms with Gasteiger partial charge in [-0.2, -0.15) is 0 Å². The van der Waals surface area contributed by atoms with E-state index in [-0.39, 0.29) is 11.9 Å². The van der Waals surface area contributed by atoms with E-state index in [1.54, 1.807) is 7.05 Å². The summed E-state index contributed by atoms with van der Waals surface area (Å²) in [4.78, 5) is 28.4. The van der Waals surface area contributed by atoms with Crippen LogP contribution in [0.2, 0.25) is 0 Å². The van der Waals surface area contributed by atoms with Gasteiger partial charge in [0, 0.05) is 44.7 Å². The van der Waals surface area contributed by atoms with Crippen molar-refractivity contribution in [3.63, 3.8) is 0 Å². The second-order valence-electron chi connectivity index (χ2n) is 6.82. The van der Waals surface area contributed by atoms with Crippen LogP contribution in [0.15, 0.2) is 24.3 Å². The standard InChI is InChI=1S/C19H27N3O2/c1-20-19(24)22-12-6-9-17(14-22)15-7-5-8-16(13-15)18(23)21-10-3-2-4-11-21/h5,7-8,13,17H,2-4,6,9-12,14H2,1H3,(H,20,24)/t17-/m1/s1. The zero-order chi connectivity index (χ0) is 16.9. The first-order chi connectivity index (χ1) is 11.7. The minimum Gasteiger partial charge on any atom is -0.341 e. The molecule has 2 aliphatic rings. The zero-order valence-electron chi connectivity index (χ0n) is 14.5. The van der Waals surface area contributed by atoms with Crippen LogP contribution in [0.3, 0.4) is 0 Å². The topological polar surface area (TPSA) is 52.7 Å². The second-order valence-corrected chi connectivity index (χ2v) is 6.82. The summed E-state index contributed by atoms with van der Waals surface area (Å²) in [6, 6.07) is 8.01. The third-order valence-electron chi connectivity index (χ3n) is 5.17. The first-order valence-corrected chi connectivity index (χ1v) is 9.05. The Balaban J connectivity index is 1.72. The number of carbonyl (C=O) groups excluding carboxylic acids is 2. The second kappa shape index (κ2) is 7.69. The van der Waals surface area contributed by atoms with E-state index < -0.39 is 0 Å². The van der Waals surface area contributed by atoms with Crippen molar-refractivity contribution in [1.82, 2.24) is 15.1 Å². The van der Waals surface area contributed by atoms with Crippen molar-refractivity contribution < 1.29 is 9.59 Å². The Morgan fingerprint density at radius 3 is 2.54 bits per heavy atom. The lowest BCUT2D eigenvalue weighted by molar-refractivity contribution is 0.0724. The molecular formula is C19H27N3O2. The lowest BCUT2D eigenvalue weighted by Crippen LogP contribution is -2.43. The molecule has 24 heavy (non-hydrogen) atoms. The predicted molar refractivity (Wildman–Crippen MR) is 94.2 cm³/mol. The van der Waals surface area contributed by atoms with Crippen molar-refractivity contribution in [2.75, 3.05) is 33.2 Å². The Kier molecular flexibility index (Phi) is 5.38. The van der Waals surface area contributed by atoms with Crippen molar-refractivity contribution in [1.29, 1.82) is 0 Å². The number of urea groups is 1. The quantitative estimate of drug-likeness (QED) is 0.907. The molecule has 3 rings (SSSR count). The fourth-order valence-electron chi connectivity index (χ4n) is 3.80. The first-order valence-electron chi connectivity index (χ1n) is 9.05. The van der Waals surface area contributed by atoms with Crippen molar-refractivity contribution >= 4 is 11.9 Å². The van der Waals surface area contributed by atoms with Crippen LogP contribution < -0.4 is 5.32 Å². The summed E-state index contributed by atoms with van der Waals surface area (Å²) in [7, 11) is 1.67. The number of nitrogens with zero attached hydrogens (tertiary/aromatic N) is 2. The maximum Gasteiger partial charge on any atom is 0.317 e. The Bertz CT molecular complexity index is 596. The molecule has 1 atom stereocenters. The van der Waals surface area contributed by atoms with E-state index in [0.29, 0.717) is 5.92 Å². The Morgan fingerprint density at radius 1 is 1.04 bits per heavy atom. The van der Waals surface area contributed by atoms with Gasteiger partial charge in [-0.05, 0) is 49.8 Å². The Labute approximate surface area is 144 Å². The molecular weight excluding hydrogens is 302 g/mol. The number of hydrogen-bond acceptors (Lipinski definition) is 2. The van der Waals surface area contributed by atoms with Crippen LogP contribution >= 0.6 is 0 Å². The fourth-order valence-corrected chi connectivity index (χ4v) is 3.80. The zero-order valence-corrected chi connectivity index (χ0v) is 14.5. The summed E-state index contributed by atoms with van der Waals surface area (Å²) in [5.41, 5.74) is 1.96. The number of nitrogens with one attached hydrogen (secondary N) is 1. The van der Waals surface area contributed by atoms with Gasteiger partial charge in [0.05, 0.1) is 0 Å². The molecule has 0 saturated carbocycles. The van der Waals surface area contributed by atoms with E-state index in [4.69, 9.17) is 0 Å². The highest BCUT2D eigenvalue weighted by Crippen LogP contribution is 2.28. The molecule has 0 radical (unpaired) electrons. The van der Waals surface area contributed by atoms with Gasteiger partial charge in [-0.15, -0.1) is 0 Å². The molecule has 0 aromatic heterocycles. The first kappa shape index (κ1) is 16.8. The molecule has 0 spiro atoms. The molecule has 2 saturated heterocycles. The van der Waals surface area contributed by atoms with Gasteiger partial charge in [0.2, 0.25) is 0 Å². The lowest BCUT2D eigenvalue weighted by Gasteiger charge is -2.33. The summed E-state index contributed by atoms with van der Waals surface area (Å²) in [5, 5.41) is 2.71. The average Bonchev–Trinajstić information content (AvgIpc) is 2.67. The van der Waals surface area contributed by atoms with Crippen molar-refractivity contribution in [2.45, 2.75) is 38.0 Å². The molecule has 2 fully saturated rings. The van der Waals surface area contributed by atoms with Crippen molar-refractivity contribution in [3.05, 3.63) is 35.4 Å². The lowest BCUT2D eigenvalue weighted by atomic mass is 9.89. The highest BCUT2D eigenvalue weighted by Gasteiger charge is 2.25. The van der Waals surface area contributed by atoms with Crippen LogP contribution in [0, 0.1) is 0 Å². The largest absolute Gasteiger partial charge is 0.341 e. The van der Waals surface area contributed by atoms with E-state index in [1.807, 2.05) is 28.0 Å². The van der Waals surface area contributed by atoms with Crippen molar-refractivity contribution in [3.8, 4) is 0 Å². The smallest absolute Gasteiger partial charge is 0.317 e. The molecule has 130 valence electrons. The van der Waals surface area contributed by atoms with Gasteiger partial charge < -0.3 is 15.1 Å². The predicted octanol–water partition coefficient (Wildman–Crippen LogP) is 2.83. The van der Waals surface area contributed by atoms with Gasteiger partial charge in [0.25, 0.3) is 5.91 Å². The third-order valence-corrected chi connectivity index (χ3v) is 5.17. The van der Waals surface area contributed by atoms with E-state index in [1.165, 1.54) is 12.0 Å². The highest BCUT2D eigenvalue weighted by molar-refractivity contribution is 5.94. The van der Waals surface area contributed by atoms with Crippen molar-refractivity contribution in [2.24, 2.45) is 0 Å². The summed E-state index contributed by atoms with van der Waals surface area (Å²) >= 11 is 0. The molecule has 1 aromatic rings. The van der Waals surface area contributed by atoms with Crippen LogP contribution in [0.5, 0.6) is 0 Å². The molecule has 1 aromatic carbocycles. The van der Waals surface area contributed by atoms with Crippen LogP contribution in [-0.4, -0.2) is 55.0 Å². The SMILES string of the molecule is CNC(=O)N1CCC[C@@H](c2cccc(C(=O)N3CCCCC3)c2)C1. The monoisotopic (exact) mass is 329 g/mol. The third kappa shape index (κ3) is 3.71. The molecule has 0 bridgehead atoms.